The van der Waals surface area contributed by atoms with Crippen molar-refractivity contribution in [3.63, 3.8) is 0 Å². The fraction of sp³-hybridized carbons (Fsp3) is 0.263. The minimum atomic E-state index is -0.289. The van der Waals surface area contributed by atoms with Gasteiger partial charge in [-0.1, -0.05) is 13.8 Å². The maximum atomic E-state index is 12.1. The molecule has 0 aromatic heterocycles. The zero-order valence-corrected chi connectivity index (χ0v) is 16.6. The fourth-order valence-electron chi connectivity index (χ4n) is 1.94. The van der Waals surface area contributed by atoms with E-state index in [0.29, 0.717) is 23.8 Å². The van der Waals surface area contributed by atoms with E-state index in [0.717, 1.165) is 14.9 Å². The number of carbonyl (C=O) groups excluding carboxylic acids is 1. The monoisotopic (exact) mass is 452 g/mol. The van der Waals surface area contributed by atoms with Gasteiger partial charge in [-0.05, 0) is 76.5 Å². The second-order valence-corrected chi connectivity index (χ2v) is 6.98. The van der Waals surface area contributed by atoms with E-state index in [1.807, 2.05) is 30.3 Å². The van der Waals surface area contributed by atoms with Gasteiger partial charge < -0.3 is 9.47 Å². The highest BCUT2D eigenvalue weighted by Gasteiger charge is 2.08. The summed E-state index contributed by atoms with van der Waals surface area (Å²) >= 11 is 2.15. The van der Waals surface area contributed by atoms with E-state index < -0.39 is 0 Å². The number of hydrogen-bond acceptors (Lipinski definition) is 4. The Hall–Kier alpha value is -2.09. The first-order chi connectivity index (χ1) is 12.0. The Bertz CT molecular complexity index is 743. The summed E-state index contributed by atoms with van der Waals surface area (Å²) in [5.41, 5.74) is 3.88. The van der Waals surface area contributed by atoms with Gasteiger partial charge >= 0.3 is 0 Å². The van der Waals surface area contributed by atoms with Gasteiger partial charge in [0.2, 0.25) is 0 Å². The Kier molecular flexibility index (Phi) is 7.24. The van der Waals surface area contributed by atoms with E-state index >= 15 is 0 Å². The van der Waals surface area contributed by atoms with Crippen LogP contribution >= 0.6 is 22.6 Å². The normalized spacial score (nSPS) is 10.9. The number of ether oxygens (including phenoxy) is 2. The standard InChI is InChI=1S/C19H21IN2O3/c1-13(2)12-25-16-7-4-14(5-8-16)11-21-22-19(23)15-6-9-17(20)18(10-15)24-3/h4-11,13H,12H2,1-3H3,(H,22,23)/b21-11-. The molecule has 0 fully saturated rings. The van der Waals surface area contributed by atoms with Gasteiger partial charge in [0.1, 0.15) is 11.5 Å². The molecule has 132 valence electrons. The SMILES string of the molecule is COc1cc(C(=O)N/N=C\c2ccc(OCC(C)C)cc2)ccc1I. The summed E-state index contributed by atoms with van der Waals surface area (Å²) in [4.78, 5) is 12.1. The smallest absolute Gasteiger partial charge is 0.271 e. The van der Waals surface area contributed by atoms with Gasteiger partial charge in [-0.15, -0.1) is 0 Å². The average Bonchev–Trinajstić information content (AvgIpc) is 2.61. The first-order valence-corrected chi connectivity index (χ1v) is 8.97. The Balaban J connectivity index is 1.92. The molecule has 1 N–H and O–H groups in total. The van der Waals surface area contributed by atoms with Crippen molar-refractivity contribution in [3.8, 4) is 11.5 Å². The minimum Gasteiger partial charge on any atom is -0.496 e. The minimum absolute atomic E-state index is 0.289. The van der Waals surface area contributed by atoms with Crippen LogP contribution in [0.15, 0.2) is 47.6 Å². The van der Waals surface area contributed by atoms with Crippen LogP contribution in [0.3, 0.4) is 0 Å². The maximum absolute atomic E-state index is 12.1. The molecule has 2 aromatic rings. The van der Waals surface area contributed by atoms with E-state index in [1.54, 1.807) is 25.5 Å². The lowest BCUT2D eigenvalue weighted by molar-refractivity contribution is 0.0954. The molecule has 0 spiro atoms. The van der Waals surface area contributed by atoms with Gasteiger partial charge in [0.05, 0.1) is 23.5 Å². The molecule has 0 radical (unpaired) electrons. The number of carbonyl (C=O) groups is 1. The van der Waals surface area contributed by atoms with Gasteiger partial charge in [-0.2, -0.15) is 5.10 Å². The van der Waals surface area contributed by atoms with Crippen LogP contribution in [0.25, 0.3) is 0 Å². The summed E-state index contributed by atoms with van der Waals surface area (Å²) in [7, 11) is 1.58. The molecular weight excluding hydrogens is 431 g/mol. The quantitative estimate of drug-likeness (QED) is 0.391. The predicted octanol–water partition coefficient (Wildman–Crippen LogP) is 4.10. The maximum Gasteiger partial charge on any atom is 0.271 e. The lowest BCUT2D eigenvalue weighted by Gasteiger charge is -2.08. The summed E-state index contributed by atoms with van der Waals surface area (Å²) in [5, 5.41) is 3.99. The van der Waals surface area contributed by atoms with E-state index in [4.69, 9.17) is 9.47 Å². The summed E-state index contributed by atoms with van der Waals surface area (Å²) in [5.74, 6) is 1.68. The highest BCUT2D eigenvalue weighted by atomic mass is 127. The van der Waals surface area contributed by atoms with Crippen molar-refractivity contribution in [2.75, 3.05) is 13.7 Å². The molecule has 0 atom stereocenters. The van der Waals surface area contributed by atoms with E-state index in [1.165, 1.54) is 0 Å². The number of nitrogens with one attached hydrogen (secondary N) is 1. The third-order valence-corrected chi connectivity index (χ3v) is 4.15. The predicted molar refractivity (Wildman–Crippen MR) is 108 cm³/mol. The van der Waals surface area contributed by atoms with Crippen molar-refractivity contribution in [1.82, 2.24) is 5.43 Å². The van der Waals surface area contributed by atoms with Crippen molar-refractivity contribution < 1.29 is 14.3 Å². The van der Waals surface area contributed by atoms with Gasteiger partial charge in [0.15, 0.2) is 0 Å². The van der Waals surface area contributed by atoms with Crippen LogP contribution in [0.2, 0.25) is 0 Å². The third kappa shape index (κ3) is 6.04. The van der Waals surface area contributed by atoms with Crippen LogP contribution in [0, 0.1) is 9.49 Å². The van der Waals surface area contributed by atoms with Gasteiger partial charge in [0.25, 0.3) is 5.91 Å². The van der Waals surface area contributed by atoms with Crippen LogP contribution in [0.4, 0.5) is 0 Å². The van der Waals surface area contributed by atoms with Crippen molar-refractivity contribution in [2.24, 2.45) is 11.0 Å². The van der Waals surface area contributed by atoms with Crippen molar-refractivity contribution in [3.05, 3.63) is 57.2 Å². The number of methoxy groups -OCH3 is 1. The van der Waals surface area contributed by atoms with Crippen LogP contribution in [0.1, 0.15) is 29.8 Å². The number of hydrazone groups is 1. The summed E-state index contributed by atoms with van der Waals surface area (Å²) in [6.45, 7) is 4.89. The second-order valence-electron chi connectivity index (χ2n) is 5.82. The summed E-state index contributed by atoms with van der Waals surface area (Å²) < 4.78 is 11.8. The molecule has 0 aliphatic carbocycles. The van der Waals surface area contributed by atoms with Gasteiger partial charge in [0, 0.05) is 5.56 Å². The van der Waals surface area contributed by atoms with E-state index in [9.17, 15) is 4.79 Å². The van der Waals surface area contributed by atoms with Crippen molar-refractivity contribution in [1.29, 1.82) is 0 Å². The van der Waals surface area contributed by atoms with Gasteiger partial charge in [-0.25, -0.2) is 5.43 Å². The molecule has 0 saturated heterocycles. The summed E-state index contributed by atoms with van der Waals surface area (Å²) in [6, 6.07) is 12.8. The molecular formula is C19H21IN2O3. The summed E-state index contributed by atoms with van der Waals surface area (Å²) in [6.07, 6.45) is 1.59. The third-order valence-electron chi connectivity index (χ3n) is 3.26. The number of nitrogens with zero attached hydrogens (tertiary/aromatic N) is 1. The number of amides is 1. The van der Waals surface area contributed by atoms with Crippen LogP contribution < -0.4 is 14.9 Å². The van der Waals surface area contributed by atoms with Gasteiger partial charge in [-0.3, -0.25) is 4.79 Å². The average molecular weight is 452 g/mol. The molecule has 0 bridgehead atoms. The molecule has 0 heterocycles. The Morgan fingerprint density at radius 1 is 1.24 bits per heavy atom. The molecule has 0 aliphatic rings. The van der Waals surface area contributed by atoms with Crippen LogP contribution in [0.5, 0.6) is 11.5 Å². The first kappa shape index (κ1) is 19.2. The number of rotatable bonds is 7. The fourth-order valence-corrected chi connectivity index (χ4v) is 2.50. The Labute approximate surface area is 161 Å². The largest absolute Gasteiger partial charge is 0.496 e. The number of halogens is 1. The zero-order chi connectivity index (χ0) is 18.2. The number of hydrogen-bond donors (Lipinski definition) is 1. The highest BCUT2D eigenvalue weighted by molar-refractivity contribution is 14.1. The highest BCUT2D eigenvalue weighted by Crippen LogP contribution is 2.21. The molecule has 0 saturated carbocycles. The molecule has 2 aromatic carbocycles. The first-order valence-electron chi connectivity index (χ1n) is 7.89. The molecule has 0 aliphatic heterocycles. The van der Waals surface area contributed by atoms with Crippen molar-refractivity contribution in [2.45, 2.75) is 13.8 Å². The lowest BCUT2D eigenvalue weighted by atomic mass is 10.2. The Morgan fingerprint density at radius 2 is 1.96 bits per heavy atom. The van der Waals surface area contributed by atoms with E-state index in [-0.39, 0.29) is 5.91 Å². The zero-order valence-electron chi connectivity index (χ0n) is 14.5. The molecule has 1 amide bonds. The topological polar surface area (TPSA) is 59.9 Å². The van der Waals surface area contributed by atoms with Crippen molar-refractivity contribution >= 4 is 34.7 Å². The lowest BCUT2D eigenvalue weighted by Crippen LogP contribution is -2.17. The molecule has 5 nitrogen and oxygen atoms in total. The molecule has 2 rings (SSSR count). The molecule has 25 heavy (non-hydrogen) atoms. The van der Waals surface area contributed by atoms with E-state index in [2.05, 4.69) is 47.0 Å². The molecule has 6 heteroatoms. The number of benzene rings is 2. The Morgan fingerprint density at radius 3 is 2.60 bits per heavy atom. The second kappa shape index (κ2) is 9.41. The molecule has 0 unspecified atom stereocenters. The van der Waals surface area contributed by atoms with Crippen LogP contribution in [-0.4, -0.2) is 25.8 Å². The van der Waals surface area contributed by atoms with Crippen LogP contribution in [-0.2, 0) is 0 Å².